The van der Waals surface area contributed by atoms with E-state index >= 15 is 0 Å². The lowest BCUT2D eigenvalue weighted by molar-refractivity contribution is 0.606. The van der Waals surface area contributed by atoms with Gasteiger partial charge in [-0.2, -0.15) is 0 Å². The molecule has 13 aromatic carbocycles. The Balaban J connectivity index is 0.608. The molecular formula is C98H56N10O2S4. The molecule has 0 saturated carbocycles. The van der Waals surface area contributed by atoms with Gasteiger partial charge in [-0.1, -0.05) is 244 Å². The van der Waals surface area contributed by atoms with Gasteiger partial charge in [0.15, 0.2) is 57.9 Å². The summed E-state index contributed by atoms with van der Waals surface area (Å²) in [5, 5.41) is 19.2. The molecule has 0 bridgehead atoms. The summed E-state index contributed by atoms with van der Waals surface area (Å²) in [6.45, 7) is 8.91. The largest absolute Gasteiger partial charge is 0.454 e. The first kappa shape index (κ1) is 66.7. The van der Waals surface area contributed by atoms with Crippen molar-refractivity contribution in [3.05, 3.63) is 338 Å². The summed E-state index contributed by atoms with van der Waals surface area (Å²) >= 11 is 6.80. The summed E-state index contributed by atoms with van der Waals surface area (Å²) in [5.41, 5.74) is 14.7. The maximum atomic E-state index is 9.86. The van der Waals surface area contributed by atoms with Crippen molar-refractivity contribution in [3.8, 4) is 102 Å². The van der Waals surface area contributed by atoms with E-state index in [9.17, 15) is 5.41 Å². The first-order valence-corrected chi connectivity index (χ1v) is 40.4. The quantitative estimate of drug-likeness (QED) is 0.0818. The summed E-state index contributed by atoms with van der Waals surface area (Å²) in [6.07, 6.45) is 1.83. The molecule has 0 aliphatic rings. The Kier molecular flexibility index (Phi) is 15.8. The number of amidine groups is 1. The van der Waals surface area contributed by atoms with Gasteiger partial charge in [-0.3, -0.25) is 5.41 Å². The van der Waals surface area contributed by atoms with E-state index in [-0.39, 0.29) is 5.84 Å². The van der Waals surface area contributed by atoms with Crippen molar-refractivity contribution in [2.45, 2.75) is 0 Å². The molecule has 12 nitrogen and oxygen atoms in total. The number of thiophene rings is 4. The molecule has 0 aliphatic carbocycles. The first-order chi connectivity index (χ1) is 56.2. The third kappa shape index (κ3) is 11.3. The molecule has 22 rings (SSSR count). The van der Waals surface area contributed by atoms with Crippen LogP contribution in [-0.4, -0.2) is 51.4 Å². The van der Waals surface area contributed by atoms with E-state index < -0.39 is 0 Å². The fraction of sp³-hybridized carbons (Fsp3) is 0. The van der Waals surface area contributed by atoms with Crippen LogP contribution >= 0.6 is 45.3 Å². The van der Waals surface area contributed by atoms with Gasteiger partial charge in [-0.25, -0.2) is 44.9 Å². The molecule has 1 N–H and O–H groups in total. The number of nitrogens with zero attached hydrogens (tertiary/aromatic N) is 9. The number of aromatic nitrogens is 8. The average Bonchev–Trinajstić information content (AvgIpc) is 1.59. The van der Waals surface area contributed by atoms with Crippen molar-refractivity contribution in [3.63, 3.8) is 0 Å². The lowest BCUT2D eigenvalue weighted by atomic mass is 9.99. The Morgan fingerprint density at radius 1 is 0.342 bits per heavy atom. The van der Waals surface area contributed by atoms with E-state index in [0.29, 0.717) is 85.8 Å². The van der Waals surface area contributed by atoms with Crippen LogP contribution in [0.4, 0.5) is 0 Å². The lowest BCUT2D eigenvalue weighted by Gasteiger charge is -2.10. The average molecular weight is 1530 g/mol. The van der Waals surface area contributed by atoms with Crippen molar-refractivity contribution in [2.75, 3.05) is 0 Å². The summed E-state index contributed by atoms with van der Waals surface area (Å²) < 4.78 is 21.8. The number of rotatable bonds is 14. The Morgan fingerprint density at radius 3 is 1.45 bits per heavy atom. The summed E-state index contributed by atoms with van der Waals surface area (Å²) in [4.78, 5) is 48.1. The molecule has 534 valence electrons. The van der Waals surface area contributed by atoms with Crippen LogP contribution in [0.15, 0.2) is 330 Å². The minimum absolute atomic E-state index is 0.0266. The fourth-order valence-electron chi connectivity index (χ4n) is 15.7. The van der Waals surface area contributed by atoms with Crippen LogP contribution in [0.5, 0.6) is 0 Å². The summed E-state index contributed by atoms with van der Waals surface area (Å²) in [7, 11) is 0. The normalized spacial score (nSPS) is 12.0. The molecule has 0 saturated heterocycles. The van der Waals surface area contributed by atoms with Gasteiger partial charge in [0.1, 0.15) is 28.1 Å². The number of hydrogen-bond acceptors (Lipinski definition) is 15. The van der Waals surface area contributed by atoms with E-state index in [1.807, 2.05) is 140 Å². The predicted molar refractivity (Wildman–Crippen MR) is 474 cm³/mol. The Bertz CT molecular complexity index is 7830. The lowest BCUT2D eigenvalue weighted by Crippen LogP contribution is -2.07. The van der Waals surface area contributed by atoms with Crippen LogP contribution in [0.2, 0.25) is 0 Å². The Labute approximate surface area is 666 Å². The van der Waals surface area contributed by atoms with E-state index in [1.54, 1.807) is 45.3 Å². The zero-order valence-corrected chi connectivity index (χ0v) is 63.6. The Morgan fingerprint density at radius 2 is 0.816 bits per heavy atom. The highest BCUT2D eigenvalue weighted by atomic mass is 32.1. The molecule has 0 fully saturated rings. The van der Waals surface area contributed by atoms with Gasteiger partial charge in [0.05, 0.1) is 0 Å². The van der Waals surface area contributed by atoms with E-state index in [2.05, 4.69) is 183 Å². The number of aliphatic imine (C=N–C) groups is 1. The van der Waals surface area contributed by atoms with Crippen LogP contribution < -0.4 is 0 Å². The highest BCUT2D eigenvalue weighted by molar-refractivity contribution is 7.26. The van der Waals surface area contributed by atoms with E-state index in [4.69, 9.17) is 53.7 Å². The molecule has 114 heavy (non-hydrogen) atoms. The third-order valence-electron chi connectivity index (χ3n) is 21.1. The molecule has 22 aromatic rings. The second kappa shape index (κ2) is 27.0. The second-order valence-corrected chi connectivity index (χ2v) is 32.2. The third-order valence-corrected chi connectivity index (χ3v) is 25.7. The van der Waals surface area contributed by atoms with Gasteiger partial charge in [0.25, 0.3) is 0 Å². The zero-order chi connectivity index (χ0) is 75.6. The monoisotopic (exact) mass is 1530 g/mol. The highest BCUT2D eigenvalue weighted by Gasteiger charge is 2.27. The van der Waals surface area contributed by atoms with Gasteiger partial charge in [0.2, 0.25) is 0 Å². The molecule has 9 aromatic heterocycles. The fourth-order valence-corrected chi connectivity index (χ4v) is 20.3. The maximum absolute atomic E-state index is 9.86. The topological polar surface area (TPSA) is 166 Å². The highest BCUT2D eigenvalue weighted by Crippen LogP contribution is 2.47. The zero-order valence-electron chi connectivity index (χ0n) is 60.3. The van der Waals surface area contributed by atoms with Gasteiger partial charge >= 0.3 is 0 Å². The summed E-state index contributed by atoms with van der Waals surface area (Å²) in [5.74, 6) is 4.53. The molecular weight excluding hydrogens is 1480 g/mol. The number of fused-ring (bicyclic) bond motifs is 14. The number of benzene rings is 13. The van der Waals surface area contributed by atoms with Crippen LogP contribution in [-0.2, 0) is 0 Å². The van der Waals surface area contributed by atoms with Crippen LogP contribution in [0.1, 0.15) is 21.8 Å². The van der Waals surface area contributed by atoms with E-state index in [0.717, 1.165) is 134 Å². The maximum Gasteiger partial charge on any atom is 0.180 e. The van der Waals surface area contributed by atoms with E-state index in [1.165, 1.54) is 19.5 Å². The Hall–Kier alpha value is -14.3. The van der Waals surface area contributed by atoms with Crippen LogP contribution in [0.25, 0.3) is 217 Å². The molecule has 0 amide bonds. The standard InChI is InChI=1S/C98H56N10O2S4/c1-3-63-72-51-61(94-103-92(56-26-9-5-10-27-56)105-97(107-94)70-38-22-43-78-82(70)66-34-14-17-41-75(66)111-78)47-49-77(72)114-90(63)54(2)91(99)100-85(55-24-7-4-8-25-55)74-52-60-32-20-36-64(88(60)110-74)58-30-19-31-59(50-58)86-89-87(65-33-13-16-40-73(65)109-89)102-96(101-86)69-37-21-45-80-84(69)68-48-46-62(53-81(68)113-80)95-104-93(57-28-11-6-12-29-57)106-98(108-95)71-39-23-44-79-83(71)67-35-15-18-42-76(67)112-79/h3-53,99H,1-2H2. The molecule has 16 heteroatoms. The number of nitrogens with one attached hydrogen (secondary N) is 1. The number of para-hydroxylation sites is 2. The van der Waals surface area contributed by atoms with Gasteiger partial charge in [-0.15, -0.1) is 45.3 Å². The molecule has 0 radical (unpaired) electrons. The van der Waals surface area contributed by atoms with Gasteiger partial charge in [-0.05, 0) is 84.4 Å². The second-order valence-electron chi connectivity index (χ2n) is 27.9. The number of hydrogen-bond donors (Lipinski definition) is 1. The number of furan rings is 2. The molecule has 0 atom stereocenters. The molecule has 9 heterocycles. The minimum Gasteiger partial charge on any atom is -0.454 e. The molecule has 0 aliphatic heterocycles. The van der Waals surface area contributed by atoms with Crippen molar-refractivity contribution in [1.82, 2.24) is 39.9 Å². The SMILES string of the molecule is C=Cc1c(C(=C)C(=N)N=C(c2ccccc2)c2cc3cccc(-c4cccc(-c5nc(-c6cccc7sc8cc(-c9nc(-c%10ccccc%10)nc(-c%10cccc%11sc%12ccccc%12c%10%11)n9)ccc8c67)nc6c5oc5ccccc56)c4)c3o2)sc2ccc(-c3nc(-c4ccccc4)nc(-c4cccc5sc6ccccc6c45)n3)cc12. The summed E-state index contributed by atoms with van der Waals surface area (Å²) in [6, 6.07) is 103. The minimum atomic E-state index is -0.0266. The molecule has 0 unspecified atom stereocenters. The molecule has 0 spiro atoms. The van der Waals surface area contributed by atoms with Gasteiger partial charge < -0.3 is 8.83 Å². The smallest absolute Gasteiger partial charge is 0.180 e. The van der Waals surface area contributed by atoms with Crippen LogP contribution in [0.3, 0.4) is 0 Å². The van der Waals surface area contributed by atoms with Crippen LogP contribution in [0, 0.1) is 5.41 Å². The van der Waals surface area contributed by atoms with Crippen molar-refractivity contribution < 1.29 is 8.83 Å². The van der Waals surface area contributed by atoms with Crippen molar-refractivity contribution in [1.29, 1.82) is 5.41 Å². The first-order valence-electron chi connectivity index (χ1n) is 37.1. The van der Waals surface area contributed by atoms with Gasteiger partial charge in [0, 0.05) is 153 Å². The van der Waals surface area contributed by atoms with Crippen molar-refractivity contribution in [2.24, 2.45) is 4.99 Å². The predicted octanol–water partition coefficient (Wildman–Crippen LogP) is 27.0. The van der Waals surface area contributed by atoms with Crippen molar-refractivity contribution >= 4 is 172 Å².